The molecule has 0 aromatic heterocycles. The third kappa shape index (κ3) is 6.57. The summed E-state index contributed by atoms with van der Waals surface area (Å²) in [6.07, 6.45) is 0.365. The molecule has 0 unspecified atom stereocenters. The quantitative estimate of drug-likeness (QED) is 0.681. The van der Waals surface area contributed by atoms with Crippen molar-refractivity contribution < 1.29 is 22.4 Å². The number of carbonyl (C=O) groups is 1. The molecular weight excluding hydrogens is 412 g/mol. The molecular formula is C22H28F4N4O. The number of benzene rings is 1. The van der Waals surface area contributed by atoms with Crippen LogP contribution in [0, 0.1) is 23.1 Å². The van der Waals surface area contributed by atoms with E-state index >= 15 is 0 Å². The number of nitrogens with one attached hydrogen (secondary N) is 1. The van der Waals surface area contributed by atoms with Gasteiger partial charge in [0.2, 0.25) is 5.91 Å². The van der Waals surface area contributed by atoms with Gasteiger partial charge in [-0.3, -0.25) is 9.69 Å². The van der Waals surface area contributed by atoms with Gasteiger partial charge in [-0.05, 0) is 62.8 Å². The third-order valence-corrected chi connectivity index (χ3v) is 6.29. The van der Waals surface area contributed by atoms with Crippen molar-refractivity contribution in [1.29, 1.82) is 5.26 Å². The summed E-state index contributed by atoms with van der Waals surface area (Å²) in [5.41, 5.74) is -0.808. The average Bonchev–Trinajstić information content (AvgIpc) is 2.73. The smallest absolute Gasteiger partial charge is 0.367 e. The fourth-order valence-electron chi connectivity index (χ4n) is 4.45. The van der Waals surface area contributed by atoms with Gasteiger partial charge in [0, 0.05) is 32.2 Å². The zero-order valence-corrected chi connectivity index (χ0v) is 17.4. The number of hydrogen-bond acceptors (Lipinski definition) is 4. The molecule has 3 rings (SSSR count). The number of carbonyl (C=O) groups excluding carboxylic acids is 1. The first kappa shape index (κ1) is 23.3. The number of amides is 1. The summed E-state index contributed by atoms with van der Waals surface area (Å²) in [6.45, 7) is 3.28. The molecule has 0 atom stereocenters. The Bertz CT molecular complexity index is 792. The van der Waals surface area contributed by atoms with E-state index < -0.39 is 17.6 Å². The van der Waals surface area contributed by atoms with Gasteiger partial charge in [0.25, 0.3) is 0 Å². The fraction of sp³-hybridized carbons (Fsp3) is 0.636. The standard InChI is InChI=1S/C22H28F4N4O/c23-19-6-3-17(22(24,25)26)15-20(19)30-13-11-29(12-14-30)10-8-16-1-4-18(5-2-16)28-21(31)7-9-27/h3,6,15-16,18H,1-2,4-5,7-8,10-14H2,(H,28,31)/t16-,18+. The van der Waals surface area contributed by atoms with Crippen LogP contribution in [-0.4, -0.2) is 49.6 Å². The van der Waals surface area contributed by atoms with Gasteiger partial charge in [0.1, 0.15) is 12.2 Å². The Balaban J connectivity index is 1.41. The summed E-state index contributed by atoms with van der Waals surface area (Å²) in [6, 6.07) is 4.58. The number of nitrogens with zero attached hydrogens (tertiary/aromatic N) is 3. The number of anilines is 1. The van der Waals surface area contributed by atoms with E-state index in [9.17, 15) is 22.4 Å². The van der Waals surface area contributed by atoms with E-state index in [0.717, 1.165) is 56.8 Å². The van der Waals surface area contributed by atoms with Crippen LogP contribution in [0.5, 0.6) is 0 Å². The van der Waals surface area contributed by atoms with Crippen molar-refractivity contribution in [2.24, 2.45) is 5.92 Å². The zero-order chi connectivity index (χ0) is 22.4. The van der Waals surface area contributed by atoms with E-state index in [2.05, 4.69) is 10.2 Å². The number of rotatable bonds is 6. The van der Waals surface area contributed by atoms with Gasteiger partial charge >= 0.3 is 6.18 Å². The minimum atomic E-state index is -4.48. The summed E-state index contributed by atoms with van der Waals surface area (Å²) in [5, 5.41) is 11.5. The van der Waals surface area contributed by atoms with Crippen molar-refractivity contribution in [3.05, 3.63) is 29.6 Å². The van der Waals surface area contributed by atoms with Crippen LogP contribution in [0.15, 0.2) is 18.2 Å². The van der Waals surface area contributed by atoms with E-state index in [-0.39, 0.29) is 24.1 Å². The Morgan fingerprint density at radius 1 is 1.13 bits per heavy atom. The minimum Gasteiger partial charge on any atom is -0.367 e. The summed E-state index contributed by atoms with van der Waals surface area (Å²) < 4.78 is 53.0. The summed E-state index contributed by atoms with van der Waals surface area (Å²) in [5.74, 6) is -0.246. The molecule has 1 aromatic rings. The lowest BCUT2D eigenvalue weighted by Gasteiger charge is -2.37. The monoisotopic (exact) mass is 440 g/mol. The van der Waals surface area contributed by atoms with Crippen LogP contribution in [0.1, 0.15) is 44.1 Å². The summed E-state index contributed by atoms with van der Waals surface area (Å²) in [7, 11) is 0. The maximum absolute atomic E-state index is 14.1. The van der Waals surface area contributed by atoms with Gasteiger partial charge in [-0.1, -0.05) is 0 Å². The van der Waals surface area contributed by atoms with Crippen LogP contribution < -0.4 is 10.2 Å². The molecule has 1 saturated heterocycles. The Labute approximate surface area is 180 Å². The Hall–Kier alpha value is -2.34. The Kier molecular flexibility index (Phi) is 7.76. The second-order valence-electron chi connectivity index (χ2n) is 8.40. The highest BCUT2D eigenvalue weighted by atomic mass is 19.4. The highest BCUT2D eigenvalue weighted by molar-refractivity contribution is 5.78. The molecule has 9 heteroatoms. The lowest BCUT2D eigenvalue weighted by atomic mass is 9.84. The molecule has 1 aliphatic heterocycles. The molecule has 1 amide bonds. The first-order valence-electron chi connectivity index (χ1n) is 10.8. The van der Waals surface area contributed by atoms with E-state index in [4.69, 9.17) is 5.26 Å². The first-order valence-corrected chi connectivity index (χ1v) is 10.8. The van der Waals surface area contributed by atoms with Crippen molar-refractivity contribution in [3.8, 4) is 6.07 Å². The van der Waals surface area contributed by atoms with Crippen LogP contribution in [0.2, 0.25) is 0 Å². The van der Waals surface area contributed by atoms with Gasteiger partial charge in [0.15, 0.2) is 0 Å². The molecule has 0 radical (unpaired) electrons. The fourth-order valence-corrected chi connectivity index (χ4v) is 4.45. The molecule has 1 aliphatic carbocycles. The van der Waals surface area contributed by atoms with Crippen LogP contribution >= 0.6 is 0 Å². The van der Waals surface area contributed by atoms with Gasteiger partial charge in [-0.25, -0.2) is 4.39 Å². The third-order valence-electron chi connectivity index (χ3n) is 6.29. The van der Waals surface area contributed by atoms with Crippen molar-refractivity contribution in [3.63, 3.8) is 0 Å². The predicted octanol–water partition coefficient (Wildman–Crippen LogP) is 3.95. The molecule has 170 valence electrons. The van der Waals surface area contributed by atoms with Gasteiger partial charge in [-0.15, -0.1) is 0 Å². The number of alkyl halides is 3. The van der Waals surface area contributed by atoms with E-state index in [1.165, 1.54) is 0 Å². The maximum Gasteiger partial charge on any atom is 0.416 e. The lowest BCUT2D eigenvalue weighted by Crippen LogP contribution is -2.47. The highest BCUT2D eigenvalue weighted by Crippen LogP contribution is 2.33. The van der Waals surface area contributed by atoms with Gasteiger partial charge in [-0.2, -0.15) is 18.4 Å². The average molecular weight is 440 g/mol. The van der Waals surface area contributed by atoms with Crippen molar-refractivity contribution in [1.82, 2.24) is 10.2 Å². The topological polar surface area (TPSA) is 59.4 Å². The Morgan fingerprint density at radius 2 is 1.81 bits per heavy atom. The summed E-state index contributed by atoms with van der Waals surface area (Å²) in [4.78, 5) is 15.5. The number of hydrogen-bond donors (Lipinski definition) is 1. The van der Waals surface area contributed by atoms with E-state index in [1.54, 1.807) is 4.90 Å². The maximum atomic E-state index is 14.1. The van der Waals surface area contributed by atoms with Crippen molar-refractivity contribution in [2.75, 3.05) is 37.6 Å². The Morgan fingerprint density at radius 3 is 2.42 bits per heavy atom. The SMILES string of the molecule is N#CCC(=O)N[C@H]1CC[C@@H](CCN2CCN(c3cc(C(F)(F)F)ccc3F)CC2)CC1. The molecule has 2 fully saturated rings. The second-order valence-corrected chi connectivity index (χ2v) is 8.40. The number of piperazine rings is 1. The van der Waals surface area contributed by atoms with Crippen LogP contribution in [0.3, 0.4) is 0 Å². The second kappa shape index (κ2) is 10.3. The molecule has 5 nitrogen and oxygen atoms in total. The number of nitriles is 1. The van der Waals surface area contributed by atoms with Crippen LogP contribution in [-0.2, 0) is 11.0 Å². The van der Waals surface area contributed by atoms with E-state index in [1.807, 2.05) is 6.07 Å². The molecule has 1 N–H and O–H groups in total. The largest absolute Gasteiger partial charge is 0.416 e. The van der Waals surface area contributed by atoms with E-state index in [0.29, 0.717) is 32.1 Å². The van der Waals surface area contributed by atoms with Gasteiger partial charge in [0.05, 0.1) is 17.3 Å². The van der Waals surface area contributed by atoms with Crippen molar-refractivity contribution in [2.45, 2.75) is 50.7 Å². The normalized spacial score (nSPS) is 22.7. The molecule has 1 saturated carbocycles. The molecule has 31 heavy (non-hydrogen) atoms. The predicted molar refractivity (Wildman–Crippen MR) is 109 cm³/mol. The van der Waals surface area contributed by atoms with Gasteiger partial charge < -0.3 is 10.2 Å². The first-order chi connectivity index (χ1) is 14.8. The summed E-state index contributed by atoms with van der Waals surface area (Å²) >= 11 is 0. The van der Waals surface area contributed by atoms with Crippen LogP contribution in [0.25, 0.3) is 0 Å². The van der Waals surface area contributed by atoms with Crippen LogP contribution in [0.4, 0.5) is 23.2 Å². The molecule has 2 aliphatic rings. The number of halogens is 4. The highest BCUT2D eigenvalue weighted by Gasteiger charge is 2.32. The minimum absolute atomic E-state index is 0.0197. The molecule has 1 heterocycles. The molecule has 0 spiro atoms. The zero-order valence-electron chi connectivity index (χ0n) is 17.4. The molecule has 0 bridgehead atoms. The molecule has 1 aromatic carbocycles. The lowest BCUT2D eigenvalue weighted by molar-refractivity contribution is -0.137. The van der Waals surface area contributed by atoms with Crippen molar-refractivity contribution >= 4 is 11.6 Å².